The summed E-state index contributed by atoms with van der Waals surface area (Å²) in [6, 6.07) is 2.83. The minimum absolute atomic E-state index is 0.235. The fourth-order valence-electron chi connectivity index (χ4n) is 0.966. The van der Waals surface area contributed by atoms with Crippen molar-refractivity contribution < 1.29 is 17.6 Å². The predicted molar refractivity (Wildman–Crippen MR) is 52.8 cm³/mol. The Morgan fingerprint density at radius 3 is 2.47 bits per heavy atom. The van der Waals surface area contributed by atoms with Crippen LogP contribution in [0.2, 0.25) is 0 Å². The molecule has 0 unspecified atom stereocenters. The number of hydrogen-bond donors (Lipinski definition) is 1. The van der Waals surface area contributed by atoms with Crippen LogP contribution in [0, 0.1) is 5.82 Å². The highest BCUT2D eigenvalue weighted by atomic mass is 35.7. The van der Waals surface area contributed by atoms with Gasteiger partial charge >= 0.3 is 0 Å². The van der Waals surface area contributed by atoms with E-state index in [0.717, 1.165) is 12.1 Å². The molecule has 1 rings (SSSR count). The number of halogens is 2. The number of benzene rings is 1. The molecule has 7 heteroatoms. The van der Waals surface area contributed by atoms with Crippen LogP contribution in [-0.4, -0.2) is 21.4 Å². The highest BCUT2D eigenvalue weighted by Gasteiger charge is 2.15. The Balaban J connectivity index is 3.27. The van der Waals surface area contributed by atoms with Gasteiger partial charge < -0.3 is 5.32 Å². The maximum atomic E-state index is 13.2. The van der Waals surface area contributed by atoms with Crippen molar-refractivity contribution in [3.63, 3.8) is 0 Å². The fraction of sp³-hybridized carbons (Fsp3) is 0.125. The van der Waals surface area contributed by atoms with Crippen molar-refractivity contribution in [2.75, 3.05) is 7.05 Å². The average Bonchev–Trinajstić information content (AvgIpc) is 2.15. The SMILES string of the molecule is CNC(=O)c1ccc(S(=O)(=O)Cl)cc1F. The Bertz CT molecular complexity index is 501. The molecule has 0 radical (unpaired) electrons. The zero-order chi connectivity index (χ0) is 11.6. The Morgan fingerprint density at radius 2 is 2.07 bits per heavy atom. The minimum atomic E-state index is -3.97. The lowest BCUT2D eigenvalue weighted by Crippen LogP contribution is -2.19. The van der Waals surface area contributed by atoms with Gasteiger partial charge in [0.25, 0.3) is 15.0 Å². The van der Waals surface area contributed by atoms with E-state index in [2.05, 4.69) is 5.32 Å². The third kappa shape index (κ3) is 2.66. The highest BCUT2D eigenvalue weighted by Crippen LogP contribution is 2.18. The summed E-state index contributed by atoms with van der Waals surface area (Å²) in [4.78, 5) is 10.7. The molecule has 0 heterocycles. The van der Waals surface area contributed by atoms with E-state index in [9.17, 15) is 17.6 Å². The molecule has 0 atom stereocenters. The summed E-state index contributed by atoms with van der Waals surface area (Å²) in [5, 5.41) is 2.22. The average molecular weight is 252 g/mol. The highest BCUT2D eigenvalue weighted by molar-refractivity contribution is 8.13. The molecule has 0 aliphatic rings. The first-order valence-electron chi connectivity index (χ1n) is 3.82. The lowest BCUT2D eigenvalue weighted by atomic mass is 10.2. The summed E-state index contributed by atoms with van der Waals surface area (Å²) in [5.74, 6) is -1.57. The Hall–Kier alpha value is -1.14. The molecule has 0 saturated heterocycles. The molecule has 0 aliphatic heterocycles. The zero-order valence-electron chi connectivity index (χ0n) is 7.62. The van der Waals surface area contributed by atoms with E-state index < -0.39 is 20.8 Å². The van der Waals surface area contributed by atoms with Crippen molar-refractivity contribution in [3.05, 3.63) is 29.6 Å². The van der Waals surface area contributed by atoms with Crippen molar-refractivity contribution in [3.8, 4) is 0 Å². The first-order chi connectivity index (χ1) is 6.86. The van der Waals surface area contributed by atoms with E-state index in [1.54, 1.807) is 0 Å². The molecule has 1 N–H and O–H groups in total. The van der Waals surface area contributed by atoms with Gasteiger partial charge in [-0.25, -0.2) is 12.8 Å². The van der Waals surface area contributed by atoms with Crippen molar-refractivity contribution >= 4 is 25.6 Å². The monoisotopic (exact) mass is 251 g/mol. The van der Waals surface area contributed by atoms with Gasteiger partial charge in [-0.05, 0) is 18.2 Å². The minimum Gasteiger partial charge on any atom is -0.355 e. The number of rotatable bonds is 2. The summed E-state index contributed by atoms with van der Waals surface area (Å²) in [5.41, 5.74) is -0.235. The zero-order valence-corrected chi connectivity index (χ0v) is 9.19. The quantitative estimate of drug-likeness (QED) is 0.801. The van der Waals surface area contributed by atoms with Gasteiger partial charge in [-0.2, -0.15) is 0 Å². The van der Waals surface area contributed by atoms with Gasteiger partial charge in [0.2, 0.25) is 0 Å². The third-order valence-corrected chi connectivity index (χ3v) is 3.05. The van der Waals surface area contributed by atoms with E-state index in [1.807, 2.05) is 0 Å². The molecular formula is C8H7ClFNO3S. The summed E-state index contributed by atoms with van der Waals surface area (Å²) < 4.78 is 34.9. The van der Waals surface area contributed by atoms with E-state index >= 15 is 0 Å². The van der Waals surface area contributed by atoms with Crippen LogP contribution in [-0.2, 0) is 9.05 Å². The molecule has 1 amide bonds. The van der Waals surface area contributed by atoms with Crippen LogP contribution in [0.3, 0.4) is 0 Å². The van der Waals surface area contributed by atoms with Crippen LogP contribution >= 0.6 is 10.7 Å². The number of amides is 1. The number of nitrogens with one attached hydrogen (secondary N) is 1. The molecule has 0 aromatic heterocycles. The topological polar surface area (TPSA) is 63.2 Å². The number of hydrogen-bond acceptors (Lipinski definition) is 3. The van der Waals surface area contributed by atoms with E-state index in [4.69, 9.17) is 10.7 Å². The van der Waals surface area contributed by atoms with Gasteiger partial charge in [0.1, 0.15) is 5.82 Å². The normalized spacial score (nSPS) is 11.1. The summed E-state index contributed by atoms with van der Waals surface area (Å²) in [7, 11) is 2.37. The van der Waals surface area contributed by atoms with Crippen LogP contribution in [0.15, 0.2) is 23.1 Å². The Morgan fingerprint density at radius 1 is 1.47 bits per heavy atom. The van der Waals surface area contributed by atoms with Crippen molar-refractivity contribution in [2.24, 2.45) is 0 Å². The first-order valence-corrected chi connectivity index (χ1v) is 6.13. The largest absolute Gasteiger partial charge is 0.355 e. The summed E-state index contributed by atoms with van der Waals surface area (Å²) >= 11 is 0. The molecule has 1 aromatic rings. The molecular weight excluding hydrogens is 245 g/mol. The van der Waals surface area contributed by atoms with Gasteiger partial charge in [0.15, 0.2) is 0 Å². The second-order valence-corrected chi connectivity index (χ2v) is 5.22. The van der Waals surface area contributed by atoms with Crippen LogP contribution in [0.4, 0.5) is 4.39 Å². The molecule has 0 fully saturated rings. The van der Waals surface area contributed by atoms with E-state index in [1.165, 1.54) is 7.05 Å². The molecule has 0 spiro atoms. The van der Waals surface area contributed by atoms with Crippen LogP contribution in [0.25, 0.3) is 0 Å². The maximum absolute atomic E-state index is 13.2. The first kappa shape index (κ1) is 11.9. The Kier molecular flexibility index (Phi) is 3.31. The predicted octanol–water partition coefficient (Wildman–Crippen LogP) is 1.11. The van der Waals surface area contributed by atoms with Crippen LogP contribution in [0.1, 0.15) is 10.4 Å². The number of carbonyl (C=O) groups excluding carboxylic acids is 1. The summed E-state index contributed by atoms with van der Waals surface area (Å²) in [6.07, 6.45) is 0. The van der Waals surface area contributed by atoms with Crippen molar-refractivity contribution in [1.29, 1.82) is 0 Å². The molecule has 82 valence electrons. The molecule has 0 saturated carbocycles. The lowest BCUT2D eigenvalue weighted by molar-refractivity contribution is 0.0959. The third-order valence-electron chi connectivity index (χ3n) is 1.69. The van der Waals surface area contributed by atoms with Crippen LogP contribution in [0.5, 0.6) is 0 Å². The van der Waals surface area contributed by atoms with Crippen molar-refractivity contribution in [2.45, 2.75) is 4.90 Å². The molecule has 1 aromatic carbocycles. The van der Waals surface area contributed by atoms with Gasteiger partial charge in [-0.15, -0.1) is 0 Å². The standard InChI is InChI=1S/C8H7ClFNO3S/c1-11-8(12)6-3-2-5(4-7(6)10)15(9,13)14/h2-4H,1H3,(H,11,12). The molecule has 0 aliphatic carbocycles. The van der Waals surface area contributed by atoms with E-state index in [0.29, 0.717) is 6.07 Å². The van der Waals surface area contributed by atoms with Crippen molar-refractivity contribution in [1.82, 2.24) is 5.32 Å². The molecule has 4 nitrogen and oxygen atoms in total. The van der Waals surface area contributed by atoms with Gasteiger partial charge in [-0.1, -0.05) is 0 Å². The summed E-state index contributed by atoms with van der Waals surface area (Å²) in [6.45, 7) is 0. The Labute approximate surface area is 90.5 Å². The second kappa shape index (κ2) is 4.16. The molecule has 15 heavy (non-hydrogen) atoms. The number of carbonyl (C=O) groups is 1. The maximum Gasteiger partial charge on any atom is 0.261 e. The second-order valence-electron chi connectivity index (χ2n) is 2.66. The van der Waals surface area contributed by atoms with E-state index in [-0.39, 0.29) is 10.5 Å². The molecule has 0 bridgehead atoms. The van der Waals surface area contributed by atoms with Gasteiger partial charge in [-0.3, -0.25) is 4.79 Å². The van der Waals surface area contributed by atoms with Gasteiger partial charge in [0, 0.05) is 17.7 Å². The smallest absolute Gasteiger partial charge is 0.261 e. The van der Waals surface area contributed by atoms with Crippen LogP contribution < -0.4 is 5.32 Å². The fourth-order valence-corrected chi connectivity index (χ4v) is 1.73. The van der Waals surface area contributed by atoms with Gasteiger partial charge in [0.05, 0.1) is 10.5 Å². The lowest BCUT2D eigenvalue weighted by Gasteiger charge is -2.02.